The third kappa shape index (κ3) is 2.76. The molecule has 23 heavy (non-hydrogen) atoms. The number of halogens is 1. The zero-order valence-corrected chi connectivity index (χ0v) is 14.3. The molecule has 3 N–H and O–H groups in total. The van der Waals surface area contributed by atoms with Gasteiger partial charge in [0.2, 0.25) is 0 Å². The van der Waals surface area contributed by atoms with Crippen LogP contribution in [-0.4, -0.2) is 15.3 Å². The highest BCUT2D eigenvalue weighted by molar-refractivity contribution is 9.10. The maximum atomic E-state index is 10.9. The van der Waals surface area contributed by atoms with Crippen LogP contribution in [0.3, 0.4) is 0 Å². The molecule has 0 aliphatic heterocycles. The summed E-state index contributed by atoms with van der Waals surface area (Å²) in [5, 5.41) is 31.5. The predicted molar refractivity (Wildman–Crippen MR) is 91.5 cm³/mol. The SMILES string of the molecule is Cc1cc(C(O)c2c(C(C)O)oc3ccccc23)cc(Br)c1O. The van der Waals surface area contributed by atoms with Crippen molar-refractivity contribution in [2.45, 2.75) is 26.1 Å². The Morgan fingerprint density at radius 1 is 1.13 bits per heavy atom. The molecule has 2 atom stereocenters. The Hall–Kier alpha value is -1.82. The lowest BCUT2D eigenvalue weighted by molar-refractivity contribution is 0.160. The van der Waals surface area contributed by atoms with E-state index in [4.69, 9.17) is 4.42 Å². The Kier molecular flexibility index (Phi) is 4.19. The Morgan fingerprint density at radius 2 is 1.83 bits per heavy atom. The molecule has 0 aliphatic rings. The van der Waals surface area contributed by atoms with Crippen molar-refractivity contribution < 1.29 is 19.7 Å². The molecule has 4 nitrogen and oxygen atoms in total. The molecule has 0 bridgehead atoms. The maximum absolute atomic E-state index is 10.9. The summed E-state index contributed by atoms with van der Waals surface area (Å²) in [5.41, 5.74) is 2.43. The first-order valence-electron chi connectivity index (χ1n) is 7.26. The average molecular weight is 377 g/mol. The second kappa shape index (κ2) is 6.00. The summed E-state index contributed by atoms with van der Waals surface area (Å²) in [5.74, 6) is 0.495. The Morgan fingerprint density at radius 3 is 2.48 bits per heavy atom. The van der Waals surface area contributed by atoms with Crippen molar-refractivity contribution in [1.29, 1.82) is 0 Å². The van der Waals surface area contributed by atoms with Crippen molar-refractivity contribution in [3.8, 4) is 5.75 Å². The summed E-state index contributed by atoms with van der Waals surface area (Å²) < 4.78 is 6.23. The van der Waals surface area contributed by atoms with Crippen LogP contribution in [0.2, 0.25) is 0 Å². The van der Waals surface area contributed by atoms with Crippen LogP contribution in [0.5, 0.6) is 5.75 Å². The molecule has 0 saturated heterocycles. The molecule has 0 fully saturated rings. The third-order valence-corrected chi connectivity index (χ3v) is 4.51. The topological polar surface area (TPSA) is 73.8 Å². The van der Waals surface area contributed by atoms with Gasteiger partial charge >= 0.3 is 0 Å². The normalized spacial score (nSPS) is 14.1. The number of aromatic hydroxyl groups is 1. The zero-order chi connectivity index (χ0) is 16.7. The summed E-state index contributed by atoms with van der Waals surface area (Å²) in [4.78, 5) is 0. The van der Waals surface area contributed by atoms with Crippen molar-refractivity contribution in [3.05, 3.63) is 63.3 Å². The fraction of sp³-hybridized carbons (Fsp3) is 0.222. The second-order valence-electron chi connectivity index (χ2n) is 5.62. The van der Waals surface area contributed by atoms with E-state index in [-0.39, 0.29) is 5.75 Å². The van der Waals surface area contributed by atoms with Crippen LogP contribution in [0.1, 0.15) is 41.6 Å². The summed E-state index contributed by atoms with van der Waals surface area (Å²) in [7, 11) is 0. The Labute approximate surface area is 142 Å². The number of benzene rings is 2. The van der Waals surface area contributed by atoms with Crippen LogP contribution >= 0.6 is 15.9 Å². The minimum absolute atomic E-state index is 0.147. The molecule has 0 saturated carbocycles. The number of aryl methyl sites for hydroxylation is 1. The van der Waals surface area contributed by atoms with Crippen molar-refractivity contribution in [3.63, 3.8) is 0 Å². The monoisotopic (exact) mass is 376 g/mol. The number of hydrogen-bond acceptors (Lipinski definition) is 4. The molecule has 1 heterocycles. The number of phenols is 1. The van der Waals surface area contributed by atoms with E-state index in [0.717, 1.165) is 5.39 Å². The molecule has 0 radical (unpaired) electrons. The number of rotatable bonds is 3. The van der Waals surface area contributed by atoms with Gasteiger partial charge in [0.25, 0.3) is 0 Å². The highest BCUT2D eigenvalue weighted by Gasteiger charge is 2.25. The average Bonchev–Trinajstić information content (AvgIpc) is 2.91. The van der Waals surface area contributed by atoms with Gasteiger partial charge in [-0.05, 0) is 59.1 Å². The lowest BCUT2D eigenvalue weighted by Crippen LogP contribution is -2.04. The van der Waals surface area contributed by atoms with Gasteiger partial charge < -0.3 is 19.7 Å². The number of aliphatic hydroxyl groups excluding tert-OH is 2. The number of hydrogen-bond donors (Lipinski definition) is 3. The van der Waals surface area contributed by atoms with E-state index in [0.29, 0.717) is 32.5 Å². The van der Waals surface area contributed by atoms with Crippen molar-refractivity contribution in [1.82, 2.24) is 0 Å². The number of aliphatic hydroxyl groups is 2. The fourth-order valence-electron chi connectivity index (χ4n) is 2.76. The number of furan rings is 1. The highest BCUT2D eigenvalue weighted by Crippen LogP contribution is 2.39. The van der Waals surface area contributed by atoms with Crippen LogP contribution in [0.25, 0.3) is 11.0 Å². The standard InChI is InChI=1S/C18H17BrO4/c1-9-7-11(8-13(19)16(9)21)17(22)15-12-5-3-4-6-14(12)23-18(15)10(2)20/h3-8,10,17,20-22H,1-2H3. The van der Waals surface area contributed by atoms with Gasteiger partial charge in [-0.2, -0.15) is 0 Å². The molecule has 0 amide bonds. The van der Waals surface area contributed by atoms with Crippen molar-refractivity contribution >= 4 is 26.9 Å². The summed E-state index contributed by atoms with van der Waals surface area (Å²) in [6.07, 6.45) is -1.81. The number of phenolic OH excluding ortho intramolecular Hbond substituents is 1. The van der Waals surface area contributed by atoms with Gasteiger partial charge in [-0.1, -0.05) is 18.2 Å². The first-order chi connectivity index (χ1) is 10.9. The quantitative estimate of drug-likeness (QED) is 0.635. The van der Waals surface area contributed by atoms with Crippen LogP contribution in [0.15, 0.2) is 45.3 Å². The van der Waals surface area contributed by atoms with Crippen LogP contribution < -0.4 is 0 Å². The smallest absolute Gasteiger partial charge is 0.139 e. The minimum Gasteiger partial charge on any atom is -0.506 e. The molecule has 3 rings (SSSR count). The largest absolute Gasteiger partial charge is 0.506 e. The molecule has 3 aromatic rings. The molecule has 1 aromatic heterocycles. The summed E-state index contributed by atoms with van der Waals surface area (Å²) in [6, 6.07) is 10.7. The van der Waals surface area contributed by atoms with E-state index < -0.39 is 12.2 Å². The van der Waals surface area contributed by atoms with Gasteiger partial charge in [0.15, 0.2) is 0 Å². The van der Waals surface area contributed by atoms with Gasteiger partial charge in [-0.3, -0.25) is 0 Å². The van der Waals surface area contributed by atoms with Gasteiger partial charge in [0.1, 0.15) is 29.3 Å². The molecule has 120 valence electrons. The second-order valence-corrected chi connectivity index (χ2v) is 6.48. The van der Waals surface area contributed by atoms with Gasteiger partial charge in [0.05, 0.1) is 4.47 Å². The van der Waals surface area contributed by atoms with E-state index in [2.05, 4.69) is 15.9 Å². The van der Waals surface area contributed by atoms with Crippen molar-refractivity contribution in [2.75, 3.05) is 0 Å². The minimum atomic E-state index is -0.973. The van der Waals surface area contributed by atoms with E-state index >= 15 is 0 Å². The van der Waals surface area contributed by atoms with Gasteiger partial charge in [0, 0.05) is 10.9 Å². The first kappa shape index (κ1) is 16.1. The van der Waals surface area contributed by atoms with Gasteiger partial charge in [-0.15, -0.1) is 0 Å². The molecular formula is C18H17BrO4. The predicted octanol–water partition coefficient (Wildman–Crippen LogP) is 4.34. The summed E-state index contributed by atoms with van der Waals surface area (Å²) in [6.45, 7) is 3.37. The molecule has 2 unspecified atom stereocenters. The van der Waals surface area contributed by atoms with E-state index in [1.54, 1.807) is 32.0 Å². The Bertz CT molecular complexity index is 844. The lowest BCUT2D eigenvalue weighted by atomic mass is 9.96. The lowest BCUT2D eigenvalue weighted by Gasteiger charge is -2.15. The third-order valence-electron chi connectivity index (χ3n) is 3.91. The molecule has 0 spiro atoms. The van der Waals surface area contributed by atoms with Crippen LogP contribution in [0, 0.1) is 6.92 Å². The molecule has 2 aromatic carbocycles. The van der Waals surface area contributed by atoms with E-state index in [1.807, 2.05) is 18.2 Å². The maximum Gasteiger partial charge on any atom is 0.139 e. The van der Waals surface area contributed by atoms with Crippen LogP contribution in [-0.2, 0) is 0 Å². The van der Waals surface area contributed by atoms with E-state index in [9.17, 15) is 15.3 Å². The fourth-order valence-corrected chi connectivity index (χ4v) is 3.34. The number of para-hydroxylation sites is 1. The molecule has 0 aliphatic carbocycles. The van der Waals surface area contributed by atoms with Crippen LogP contribution in [0.4, 0.5) is 0 Å². The first-order valence-corrected chi connectivity index (χ1v) is 8.06. The molecular weight excluding hydrogens is 360 g/mol. The summed E-state index contributed by atoms with van der Waals surface area (Å²) >= 11 is 3.29. The number of fused-ring (bicyclic) bond motifs is 1. The highest BCUT2D eigenvalue weighted by atomic mass is 79.9. The van der Waals surface area contributed by atoms with Gasteiger partial charge in [-0.25, -0.2) is 0 Å². The zero-order valence-electron chi connectivity index (χ0n) is 12.7. The Balaban J connectivity index is 2.21. The van der Waals surface area contributed by atoms with E-state index in [1.165, 1.54) is 0 Å². The molecule has 5 heteroatoms. The van der Waals surface area contributed by atoms with Crippen molar-refractivity contribution in [2.24, 2.45) is 0 Å².